The van der Waals surface area contributed by atoms with E-state index < -0.39 is 40.0 Å². The van der Waals surface area contributed by atoms with E-state index in [1.54, 1.807) is 32.9 Å². The fourth-order valence-electron chi connectivity index (χ4n) is 2.99. The van der Waals surface area contributed by atoms with Gasteiger partial charge in [0.25, 0.3) is 0 Å². The first-order valence-electron chi connectivity index (χ1n) is 9.34. The zero-order chi connectivity index (χ0) is 22.1. The van der Waals surface area contributed by atoms with E-state index >= 15 is 0 Å². The molecule has 9 heteroatoms. The second kappa shape index (κ2) is 8.08. The van der Waals surface area contributed by atoms with Crippen LogP contribution in [0.15, 0.2) is 51.8 Å². The van der Waals surface area contributed by atoms with E-state index in [0.717, 1.165) is 5.39 Å². The number of rotatable bonds is 7. The molecule has 1 aromatic heterocycles. The van der Waals surface area contributed by atoms with E-state index in [9.17, 15) is 18.0 Å². The Morgan fingerprint density at radius 1 is 1.10 bits per heavy atom. The molecule has 1 unspecified atom stereocenters. The highest BCUT2D eigenvalue weighted by atomic mass is 32.2. The van der Waals surface area contributed by atoms with Crippen LogP contribution in [-0.4, -0.2) is 37.1 Å². The van der Waals surface area contributed by atoms with Crippen molar-refractivity contribution in [2.24, 2.45) is 0 Å². The number of sulfonamides is 1. The number of carboxylic acids is 1. The summed E-state index contributed by atoms with van der Waals surface area (Å²) in [5.74, 6) is -1.98. The van der Waals surface area contributed by atoms with Crippen molar-refractivity contribution in [1.82, 2.24) is 4.72 Å². The normalized spacial score (nSPS) is 13.4. The maximum Gasteiger partial charge on any atom is 0.324 e. The summed E-state index contributed by atoms with van der Waals surface area (Å²) in [6, 6.07) is 10.3. The number of esters is 1. The van der Waals surface area contributed by atoms with Crippen LogP contribution in [0.1, 0.15) is 33.6 Å². The van der Waals surface area contributed by atoms with Crippen molar-refractivity contribution in [2.45, 2.75) is 50.2 Å². The van der Waals surface area contributed by atoms with Crippen molar-refractivity contribution in [3.05, 3.63) is 42.5 Å². The smallest absolute Gasteiger partial charge is 0.324 e. The largest absolute Gasteiger partial charge is 0.481 e. The van der Waals surface area contributed by atoms with Crippen LogP contribution >= 0.6 is 0 Å². The van der Waals surface area contributed by atoms with E-state index in [4.69, 9.17) is 14.3 Å². The standard InChI is InChI=1S/C21H23NO7S/c1-21(2,3)29-20(25)16(9-11-19(23)24)22-30(26,27)13-8-10-18-15(12-13)14-6-4-5-7-17(14)28-18/h4-8,10,12,16,22H,9,11H2,1-3H3,(H,23,24). The van der Waals surface area contributed by atoms with E-state index in [1.807, 2.05) is 18.2 Å². The molecule has 0 radical (unpaired) electrons. The molecule has 0 bridgehead atoms. The van der Waals surface area contributed by atoms with Crippen molar-refractivity contribution in [3.63, 3.8) is 0 Å². The number of hydrogen-bond donors (Lipinski definition) is 2. The highest BCUT2D eigenvalue weighted by Gasteiger charge is 2.30. The lowest BCUT2D eigenvalue weighted by molar-refractivity contribution is -0.157. The summed E-state index contributed by atoms with van der Waals surface area (Å²) in [6.45, 7) is 4.93. The monoisotopic (exact) mass is 433 g/mol. The number of ether oxygens (including phenoxy) is 1. The van der Waals surface area contributed by atoms with Crippen LogP contribution in [0.5, 0.6) is 0 Å². The third-order valence-electron chi connectivity index (χ3n) is 4.29. The van der Waals surface area contributed by atoms with Crippen molar-refractivity contribution >= 4 is 43.9 Å². The van der Waals surface area contributed by atoms with Crippen molar-refractivity contribution < 1.29 is 32.3 Å². The Hall–Kier alpha value is -2.91. The lowest BCUT2D eigenvalue weighted by atomic mass is 10.1. The maximum absolute atomic E-state index is 13.0. The van der Waals surface area contributed by atoms with Crippen LogP contribution in [0.25, 0.3) is 21.9 Å². The van der Waals surface area contributed by atoms with Crippen molar-refractivity contribution in [1.29, 1.82) is 0 Å². The summed E-state index contributed by atoms with van der Waals surface area (Å²) < 4.78 is 39.2. The fraction of sp³-hybridized carbons (Fsp3) is 0.333. The van der Waals surface area contributed by atoms with E-state index in [2.05, 4.69) is 4.72 Å². The number of para-hydroxylation sites is 1. The molecular formula is C21H23NO7S. The number of carbonyl (C=O) groups is 2. The molecule has 2 aromatic carbocycles. The molecule has 0 aliphatic carbocycles. The molecule has 3 rings (SSSR count). The highest BCUT2D eigenvalue weighted by molar-refractivity contribution is 7.89. The molecule has 0 spiro atoms. The predicted octanol–water partition coefficient (Wildman–Crippen LogP) is 3.44. The van der Waals surface area contributed by atoms with Gasteiger partial charge in [-0.1, -0.05) is 18.2 Å². The molecule has 8 nitrogen and oxygen atoms in total. The van der Waals surface area contributed by atoms with Gasteiger partial charge in [0.15, 0.2) is 0 Å². The van der Waals surface area contributed by atoms with Gasteiger partial charge in [0, 0.05) is 17.2 Å². The number of carboxylic acid groups (broad SMARTS) is 1. The van der Waals surface area contributed by atoms with Gasteiger partial charge < -0.3 is 14.3 Å². The minimum Gasteiger partial charge on any atom is -0.481 e. The number of carbonyl (C=O) groups excluding carboxylic acids is 1. The van der Waals surface area contributed by atoms with Gasteiger partial charge in [-0.25, -0.2) is 8.42 Å². The first-order chi connectivity index (χ1) is 14.0. The third-order valence-corrected chi connectivity index (χ3v) is 5.76. The molecular weight excluding hydrogens is 410 g/mol. The molecule has 160 valence electrons. The Balaban J connectivity index is 1.93. The summed E-state index contributed by atoms with van der Waals surface area (Å²) in [6.07, 6.45) is -0.627. The van der Waals surface area contributed by atoms with Crippen LogP contribution in [0, 0.1) is 0 Å². The summed E-state index contributed by atoms with van der Waals surface area (Å²) in [5, 5.41) is 10.3. The fourth-order valence-corrected chi connectivity index (χ4v) is 4.24. The van der Waals surface area contributed by atoms with Crippen LogP contribution in [-0.2, 0) is 24.3 Å². The number of nitrogens with one attached hydrogen (secondary N) is 1. The molecule has 1 heterocycles. The van der Waals surface area contributed by atoms with Gasteiger partial charge in [-0.05, 0) is 51.5 Å². The molecule has 0 aliphatic rings. The molecule has 0 fully saturated rings. The number of hydrogen-bond acceptors (Lipinski definition) is 6. The molecule has 1 atom stereocenters. The van der Waals surface area contributed by atoms with Gasteiger partial charge in [0.1, 0.15) is 22.8 Å². The van der Waals surface area contributed by atoms with Gasteiger partial charge >= 0.3 is 11.9 Å². The molecule has 0 amide bonds. The van der Waals surface area contributed by atoms with Crippen LogP contribution in [0.2, 0.25) is 0 Å². The number of aliphatic carboxylic acids is 1. The minimum absolute atomic E-state index is 0.0644. The highest BCUT2D eigenvalue weighted by Crippen LogP contribution is 2.30. The average Bonchev–Trinajstić information content (AvgIpc) is 3.01. The Labute approximate surface area is 173 Å². The van der Waals surface area contributed by atoms with E-state index in [0.29, 0.717) is 16.6 Å². The second-order valence-electron chi connectivity index (χ2n) is 7.90. The second-order valence-corrected chi connectivity index (χ2v) is 9.61. The first kappa shape index (κ1) is 21.8. The van der Waals surface area contributed by atoms with E-state index in [1.165, 1.54) is 12.1 Å². The molecule has 0 saturated heterocycles. The van der Waals surface area contributed by atoms with Crippen LogP contribution < -0.4 is 4.72 Å². The minimum atomic E-state index is -4.13. The SMILES string of the molecule is CC(C)(C)OC(=O)C(CCC(=O)O)NS(=O)(=O)c1ccc2oc3ccccc3c2c1. The Morgan fingerprint density at radius 3 is 2.43 bits per heavy atom. The van der Waals surface area contributed by atoms with Crippen LogP contribution in [0.3, 0.4) is 0 Å². The molecule has 0 aliphatic heterocycles. The first-order valence-corrected chi connectivity index (χ1v) is 10.8. The third kappa shape index (κ3) is 4.98. The molecule has 0 saturated carbocycles. The Morgan fingerprint density at radius 2 is 1.77 bits per heavy atom. The van der Waals surface area contributed by atoms with Crippen LogP contribution in [0.4, 0.5) is 0 Å². The average molecular weight is 433 g/mol. The molecule has 2 N–H and O–H groups in total. The topological polar surface area (TPSA) is 123 Å². The maximum atomic E-state index is 13.0. The lowest BCUT2D eigenvalue weighted by Gasteiger charge is -2.24. The van der Waals surface area contributed by atoms with Crippen molar-refractivity contribution in [2.75, 3.05) is 0 Å². The zero-order valence-corrected chi connectivity index (χ0v) is 17.7. The predicted molar refractivity (Wildman–Crippen MR) is 111 cm³/mol. The quantitative estimate of drug-likeness (QED) is 0.547. The summed E-state index contributed by atoms with van der Waals surface area (Å²) in [5.41, 5.74) is 0.311. The summed E-state index contributed by atoms with van der Waals surface area (Å²) in [4.78, 5) is 23.4. The summed E-state index contributed by atoms with van der Waals surface area (Å²) in [7, 11) is -4.13. The zero-order valence-electron chi connectivity index (χ0n) is 16.8. The molecule has 3 aromatic rings. The molecule has 30 heavy (non-hydrogen) atoms. The Bertz CT molecular complexity index is 1210. The number of furan rings is 1. The summed E-state index contributed by atoms with van der Waals surface area (Å²) >= 11 is 0. The van der Waals surface area contributed by atoms with Gasteiger partial charge in [-0.2, -0.15) is 4.72 Å². The van der Waals surface area contributed by atoms with Crippen molar-refractivity contribution in [3.8, 4) is 0 Å². The lowest BCUT2D eigenvalue weighted by Crippen LogP contribution is -2.44. The van der Waals surface area contributed by atoms with Gasteiger partial charge in [0.2, 0.25) is 10.0 Å². The van der Waals surface area contributed by atoms with E-state index in [-0.39, 0.29) is 11.3 Å². The van der Waals surface area contributed by atoms with Gasteiger partial charge in [-0.15, -0.1) is 0 Å². The van der Waals surface area contributed by atoms with Gasteiger partial charge in [0.05, 0.1) is 4.90 Å². The van der Waals surface area contributed by atoms with Gasteiger partial charge in [-0.3, -0.25) is 9.59 Å². The number of fused-ring (bicyclic) bond motifs is 3. The number of benzene rings is 2. The Kier molecular flexibility index (Phi) is 5.87.